The van der Waals surface area contributed by atoms with Crippen molar-refractivity contribution in [2.45, 2.75) is 105 Å². The van der Waals surface area contributed by atoms with Crippen LogP contribution in [0.25, 0.3) is 0 Å². The predicted octanol–water partition coefficient (Wildman–Crippen LogP) is 10.1. The maximum Gasteiger partial charge on any atom is 0.174 e. The Morgan fingerprint density at radius 2 is 0.796 bits per heavy atom. The second kappa shape index (κ2) is 17.7. The monoisotopic (exact) mass is 750 g/mol. The van der Waals surface area contributed by atoms with E-state index in [1.165, 1.54) is 0 Å². The van der Waals surface area contributed by atoms with Crippen molar-refractivity contribution in [3.05, 3.63) is 95.3 Å². The van der Waals surface area contributed by atoms with Gasteiger partial charge in [0.25, 0.3) is 0 Å². The van der Waals surface area contributed by atoms with Gasteiger partial charge in [-0.15, -0.1) is 20.5 Å². The van der Waals surface area contributed by atoms with E-state index in [0.717, 1.165) is 22.3 Å². The van der Waals surface area contributed by atoms with E-state index in [2.05, 4.69) is 72.0 Å². The van der Waals surface area contributed by atoms with Gasteiger partial charge in [0.15, 0.2) is 11.6 Å². The number of hydrogen-bond donors (Lipinski definition) is 0. The van der Waals surface area contributed by atoms with E-state index in [4.69, 9.17) is 0 Å². The Kier molecular flexibility index (Phi) is 16.3. The van der Waals surface area contributed by atoms with Crippen molar-refractivity contribution < 1.29 is 42.2 Å². The maximum atomic E-state index is 12.7. The van der Waals surface area contributed by atoms with Gasteiger partial charge in [-0.05, 0) is 80.3 Å². The van der Waals surface area contributed by atoms with Crippen LogP contribution in [0.5, 0.6) is 11.5 Å². The first kappa shape index (κ1) is 45.1. The van der Waals surface area contributed by atoms with Gasteiger partial charge in [0.05, 0.1) is 11.4 Å². The minimum Gasteiger partial charge on any atom is -2.00 e. The van der Waals surface area contributed by atoms with Crippen LogP contribution in [0.4, 0.5) is 23.0 Å². The molecule has 0 aliphatic carbocycles. The molecule has 0 bridgehead atoms. The van der Waals surface area contributed by atoms with Gasteiger partial charge in [-0.25, -0.2) is 9.97 Å². The van der Waals surface area contributed by atoms with Gasteiger partial charge < -0.3 is 21.2 Å². The van der Waals surface area contributed by atoms with Crippen LogP contribution in [-0.4, -0.2) is 9.97 Å². The van der Waals surface area contributed by atoms with Gasteiger partial charge >= 0.3 is 0 Å². The van der Waals surface area contributed by atoms with Crippen molar-refractivity contribution in [3.63, 3.8) is 0 Å². The molecule has 0 saturated carbocycles. The summed E-state index contributed by atoms with van der Waals surface area (Å²) < 4.78 is 0. The van der Waals surface area contributed by atoms with E-state index in [0.29, 0.717) is 23.0 Å². The molecular formula is C38H48MoN6O4-6. The van der Waals surface area contributed by atoms with E-state index in [1.54, 1.807) is 24.5 Å². The number of pyridine rings is 2. The van der Waals surface area contributed by atoms with Crippen molar-refractivity contribution in [2.24, 2.45) is 20.5 Å². The molecule has 0 amide bonds. The molecule has 0 spiro atoms. The Hall–Kier alpha value is -3.85. The van der Waals surface area contributed by atoms with Crippen molar-refractivity contribution in [3.8, 4) is 11.5 Å². The van der Waals surface area contributed by atoms with E-state index in [9.17, 15) is 10.2 Å². The third kappa shape index (κ3) is 12.8. The predicted molar refractivity (Wildman–Crippen MR) is 185 cm³/mol. The molecule has 0 N–H and O–H groups in total. The summed E-state index contributed by atoms with van der Waals surface area (Å²) in [4.78, 5) is 8.21. The molecule has 0 atom stereocenters. The van der Waals surface area contributed by atoms with E-state index in [1.807, 2.05) is 90.1 Å². The van der Waals surface area contributed by atoms with Crippen LogP contribution in [0, 0.1) is 0 Å². The molecule has 0 radical (unpaired) electrons. The number of nitrogens with zero attached hydrogens (tertiary/aromatic N) is 6. The standard InChI is InChI=1S/2C19H25N3O.Mo.2O/c2*1-18(2,3)13-11-14(19(4,5)6)17(23)15(12-13)21-22-16-9-7-8-10-20-16;;;/h2*7-12,23H,1-6H3;;;/q;;;2*-2/p-2. The van der Waals surface area contributed by atoms with Gasteiger partial charge in [0.2, 0.25) is 0 Å². The topological polar surface area (TPSA) is 178 Å². The average Bonchev–Trinajstić information content (AvgIpc) is 2.95. The van der Waals surface area contributed by atoms with E-state index < -0.39 is 0 Å². The zero-order valence-corrected chi connectivity index (χ0v) is 32.7. The fourth-order valence-electron chi connectivity index (χ4n) is 4.39. The zero-order chi connectivity index (χ0) is 34.5. The van der Waals surface area contributed by atoms with Crippen LogP contribution in [0.1, 0.15) is 105 Å². The molecule has 2 aromatic heterocycles. The van der Waals surface area contributed by atoms with Crippen LogP contribution in [-0.2, 0) is 53.7 Å². The second-order valence-corrected chi connectivity index (χ2v) is 15.5. The summed E-state index contributed by atoms with van der Waals surface area (Å²) in [6, 6.07) is 18.5. The molecule has 0 fully saturated rings. The van der Waals surface area contributed by atoms with Crippen molar-refractivity contribution in [2.75, 3.05) is 0 Å². The Balaban J connectivity index is 0.000000886. The number of azo groups is 2. The summed E-state index contributed by atoms with van der Waals surface area (Å²) >= 11 is 0. The minimum atomic E-state index is -0.242. The normalized spacial score (nSPS) is 12.0. The smallest absolute Gasteiger partial charge is 0.174 e. The molecular weight excluding hydrogens is 700 g/mol. The first-order valence-electron chi connectivity index (χ1n) is 15.6. The molecule has 10 nitrogen and oxygen atoms in total. The Morgan fingerprint density at radius 1 is 0.469 bits per heavy atom. The number of aromatic nitrogens is 2. The van der Waals surface area contributed by atoms with Crippen LogP contribution < -0.4 is 10.2 Å². The number of rotatable bonds is 4. The van der Waals surface area contributed by atoms with Crippen molar-refractivity contribution >= 4 is 23.0 Å². The summed E-state index contributed by atoms with van der Waals surface area (Å²) in [5.41, 5.74) is 3.81. The molecule has 11 heteroatoms. The first-order chi connectivity index (χ1) is 21.2. The van der Waals surface area contributed by atoms with Crippen LogP contribution in [0.15, 0.2) is 93.5 Å². The maximum absolute atomic E-state index is 12.7. The van der Waals surface area contributed by atoms with Crippen molar-refractivity contribution in [1.29, 1.82) is 0 Å². The molecule has 266 valence electrons. The molecule has 4 rings (SSSR count). The van der Waals surface area contributed by atoms with E-state index in [-0.39, 0.29) is 65.2 Å². The zero-order valence-electron chi connectivity index (χ0n) is 30.7. The molecule has 4 aromatic rings. The fourth-order valence-corrected chi connectivity index (χ4v) is 4.39. The summed E-state index contributed by atoms with van der Waals surface area (Å²) in [6.45, 7) is 25.0. The Morgan fingerprint density at radius 3 is 1.04 bits per heavy atom. The van der Waals surface area contributed by atoms with Gasteiger partial charge in [-0.1, -0.05) is 119 Å². The van der Waals surface area contributed by atoms with Gasteiger partial charge in [-0.2, -0.15) is 0 Å². The van der Waals surface area contributed by atoms with Crippen LogP contribution >= 0.6 is 0 Å². The van der Waals surface area contributed by atoms with Crippen LogP contribution in [0.3, 0.4) is 0 Å². The average molecular weight is 749 g/mol. The number of hydrogen-bond acceptors (Lipinski definition) is 8. The summed E-state index contributed by atoms with van der Waals surface area (Å²) in [6.07, 6.45) is 3.30. The molecule has 0 unspecified atom stereocenters. The molecule has 2 aromatic carbocycles. The SMILES string of the molecule is CC(C)(C)c1cc(N=Nc2ccccn2)c([O-])c(C(C)(C)C)c1.CC(C)(C)c1cc(N=Nc2ccccn2)c([O-])c(C(C)(C)C)c1.[Mo].[O-2].[O-2]. The molecule has 49 heavy (non-hydrogen) atoms. The third-order valence-corrected chi connectivity index (χ3v) is 7.31. The van der Waals surface area contributed by atoms with Gasteiger partial charge in [-0.3, -0.25) is 0 Å². The summed E-state index contributed by atoms with van der Waals surface area (Å²) in [5, 5.41) is 42.0. The Bertz CT molecular complexity index is 1560. The summed E-state index contributed by atoms with van der Waals surface area (Å²) in [5.74, 6) is 0.853. The van der Waals surface area contributed by atoms with Gasteiger partial charge in [0.1, 0.15) is 0 Å². The third-order valence-electron chi connectivity index (χ3n) is 7.31. The number of benzene rings is 2. The fraction of sp³-hybridized carbons (Fsp3) is 0.421. The molecule has 0 aliphatic rings. The molecule has 0 aliphatic heterocycles. The van der Waals surface area contributed by atoms with Crippen molar-refractivity contribution in [1.82, 2.24) is 9.97 Å². The van der Waals surface area contributed by atoms with Gasteiger partial charge in [0, 0.05) is 33.5 Å². The Labute approximate surface area is 306 Å². The first-order valence-corrected chi connectivity index (χ1v) is 15.6. The molecule has 0 saturated heterocycles. The van der Waals surface area contributed by atoms with E-state index >= 15 is 0 Å². The quantitative estimate of drug-likeness (QED) is 0.149. The molecule has 2 heterocycles. The second-order valence-electron chi connectivity index (χ2n) is 15.5. The van der Waals surface area contributed by atoms with Crippen LogP contribution in [0.2, 0.25) is 0 Å². The summed E-state index contributed by atoms with van der Waals surface area (Å²) in [7, 11) is 0. The largest absolute Gasteiger partial charge is 2.00 e. The minimum absolute atomic E-state index is 0.